The van der Waals surface area contributed by atoms with Crippen LogP contribution in [0.25, 0.3) is 0 Å². The first kappa shape index (κ1) is 81.0. The van der Waals surface area contributed by atoms with Crippen LogP contribution >= 0.6 is 37.0 Å². The van der Waals surface area contributed by atoms with Crippen molar-refractivity contribution in [3.05, 3.63) is 0 Å². The smallest absolute Gasteiger partial charge is 0.390 e. The van der Waals surface area contributed by atoms with Gasteiger partial charge in [-0.15, -0.1) is 13.0 Å². The molecule has 0 spiro atoms. The second-order valence-corrected chi connectivity index (χ2v) is 16.0. The zero-order valence-corrected chi connectivity index (χ0v) is 39.0. The summed E-state index contributed by atoms with van der Waals surface area (Å²) in [6.45, 7) is 4.05. The maximum atomic E-state index is 12.3. The van der Waals surface area contributed by atoms with Gasteiger partial charge in [-0.1, -0.05) is 30.0 Å². The molecule has 4 saturated heterocycles. The first-order valence-electron chi connectivity index (χ1n) is 18.3. The highest BCUT2D eigenvalue weighted by Gasteiger charge is 2.53. The number of aliphatic hydroxyl groups is 6. The minimum absolute atomic E-state index is 0. The molecule has 0 amide bonds. The third-order valence-corrected chi connectivity index (χ3v) is 11.6. The van der Waals surface area contributed by atoms with Crippen molar-refractivity contribution in [2.24, 2.45) is 17.8 Å². The highest BCUT2D eigenvalue weighted by atomic mass is 32.3. The van der Waals surface area contributed by atoms with E-state index in [1.54, 1.807) is 0 Å². The van der Waals surface area contributed by atoms with Crippen molar-refractivity contribution in [3.8, 4) is 0 Å². The maximum absolute atomic E-state index is 12.3. The van der Waals surface area contributed by atoms with Crippen LogP contribution in [0, 0.1) is 17.8 Å². The fraction of sp³-hybridized carbons (Fsp3) is 1.00. The van der Waals surface area contributed by atoms with Gasteiger partial charge in [0.2, 0.25) is 0 Å². The summed E-state index contributed by atoms with van der Waals surface area (Å²) in [6, 6.07) is 0. The predicted molar refractivity (Wildman–Crippen MR) is 213 cm³/mol. The third kappa shape index (κ3) is 26.1. The maximum Gasteiger partial charge on any atom is 0.397 e. The molecule has 4 aliphatic rings. The molecule has 0 aromatic heterocycles. The highest BCUT2D eigenvalue weighted by molar-refractivity contribution is 7.90. The minimum Gasteiger partial charge on any atom is -0.390 e. The first-order chi connectivity index (χ1) is 33.4. The fourth-order valence-corrected chi connectivity index (χ4v) is 8.43. The van der Waals surface area contributed by atoms with E-state index in [2.05, 4.69) is 28.1 Å². The average molecular weight is 1210 g/mol. The van der Waals surface area contributed by atoms with Gasteiger partial charge >= 0.3 is 10.4 Å². The molecule has 4 aliphatic heterocycles. The number of hydrogen-bond donors (Lipinski definition) is 10. The number of aliphatic hydroxyl groups excluding tert-OH is 6. The molecule has 20 atom stereocenters. The van der Waals surface area contributed by atoms with E-state index in [1.807, 2.05) is 0 Å². The summed E-state index contributed by atoms with van der Waals surface area (Å²) in [4.78, 5) is 0. The standard InChI is InChI=1S/C27H48O29S4.2CH4.5F2.FH/c1-8-12(5-41-26-22(48-58-55-52-35)14(16(29)10(3)46-26)7-40-25-19(32)18(31)17(30)11(4)45-25)20(50-60(37,38)39)23(49-59-56-53-36)27(44-8)42-6-13-15(28)9(2)43-24(33)21(13)47-57-54-51-34;;;5*1-2;/h8-36H,5-7H2,1-4H3,(H,37,38,39);2*1H4;;;;;;1H/t8?,9?,10?,11?,12-,13+,14+,15-,16-,17-,18+,19?,20+,21?,22?,23?,24-,25-,26-,27-;;;;;;;;/m1......../s1. The van der Waals surface area contributed by atoms with Crippen molar-refractivity contribution in [3.63, 3.8) is 0 Å². The largest absolute Gasteiger partial charge is 0.397 e. The third-order valence-electron chi connectivity index (χ3n) is 9.93. The summed E-state index contributed by atoms with van der Waals surface area (Å²) >= 11 is 0.0655. The van der Waals surface area contributed by atoms with E-state index >= 15 is 0 Å². The molecule has 0 saturated carbocycles. The van der Waals surface area contributed by atoms with Crippen molar-refractivity contribution >= 4 is 47.4 Å². The van der Waals surface area contributed by atoms with E-state index in [0.717, 1.165) is 0 Å². The first-order valence-corrected chi connectivity index (χ1v) is 21.6. The molecule has 448 valence electrons. The normalized spacial score (nSPS) is 35.7. The molecular formula is C29H57F11O29S4. The summed E-state index contributed by atoms with van der Waals surface area (Å²) < 4.78 is 189. The average Bonchev–Trinajstić information content (AvgIpc) is 3.35. The highest BCUT2D eigenvalue weighted by Crippen LogP contribution is 2.39. The molecule has 0 aromatic carbocycles. The molecule has 10 N–H and O–H groups in total. The quantitative estimate of drug-likeness (QED) is 0.0174. The summed E-state index contributed by atoms with van der Waals surface area (Å²) in [7, 11) is -5.34. The lowest BCUT2D eigenvalue weighted by Gasteiger charge is -2.46. The molecule has 4 fully saturated rings. The van der Waals surface area contributed by atoms with Gasteiger partial charge in [-0.3, -0.25) is 21.8 Å². The monoisotopic (exact) mass is 1210 g/mol. The molecule has 4 heterocycles. The van der Waals surface area contributed by atoms with Gasteiger partial charge in [0.05, 0.1) is 56.4 Å². The van der Waals surface area contributed by atoms with E-state index in [1.165, 1.54) is 27.7 Å². The number of ether oxygens (including phenoxy) is 7. The lowest BCUT2D eigenvalue weighted by atomic mass is 9.88. The lowest BCUT2D eigenvalue weighted by Crippen LogP contribution is -2.61. The lowest BCUT2D eigenvalue weighted by molar-refractivity contribution is -0.435. The number of hydrogen-bond acceptors (Lipinski definition) is 31. The van der Waals surface area contributed by atoms with E-state index in [-0.39, 0.29) is 56.5 Å². The van der Waals surface area contributed by atoms with Crippen molar-refractivity contribution < 1.29 is 188 Å². The van der Waals surface area contributed by atoms with Crippen LogP contribution in [0.15, 0.2) is 0 Å². The van der Waals surface area contributed by atoms with Crippen LogP contribution in [0.1, 0.15) is 42.5 Å². The Bertz CT molecular complexity index is 1390. The van der Waals surface area contributed by atoms with E-state index in [9.17, 15) is 43.6 Å². The van der Waals surface area contributed by atoms with Gasteiger partial charge in [0.15, 0.2) is 68.2 Å². The van der Waals surface area contributed by atoms with Crippen LogP contribution in [0.4, 0.5) is 50.4 Å². The van der Waals surface area contributed by atoms with Crippen LogP contribution in [0.3, 0.4) is 0 Å². The van der Waals surface area contributed by atoms with Crippen LogP contribution < -0.4 is 0 Å². The number of rotatable bonds is 23. The summed E-state index contributed by atoms with van der Waals surface area (Å²) in [5.41, 5.74) is 0. The van der Waals surface area contributed by atoms with E-state index in [0.29, 0.717) is 0 Å². The van der Waals surface area contributed by atoms with Crippen molar-refractivity contribution in [2.45, 2.75) is 147 Å². The Kier molecular flexibility index (Phi) is 50.0. The van der Waals surface area contributed by atoms with Crippen molar-refractivity contribution in [2.75, 3.05) is 19.8 Å². The Morgan fingerprint density at radius 3 is 1.25 bits per heavy atom. The van der Waals surface area contributed by atoms with Gasteiger partial charge < -0.3 is 63.8 Å². The van der Waals surface area contributed by atoms with Gasteiger partial charge in [0.25, 0.3) is 0 Å². The van der Waals surface area contributed by atoms with Gasteiger partial charge in [-0.25, -0.2) is 20.0 Å². The molecule has 0 bridgehead atoms. The Hall–Kier alpha value is -0.850. The molecule has 0 aromatic rings. The Labute approximate surface area is 419 Å². The molecule has 4 rings (SSSR count). The Morgan fingerprint density at radius 1 is 0.452 bits per heavy atom. The topological polar surface area (TPSA) is 393 Å². The van der Waals surface area contributed by atoms with Gasteiger partial charge in [-0.2, -0.15) is 8.42 Å². The molecule has 73 heavy (non-hydrogen) atoms. The zero-order valence-electron chi connectivity index (χ0n) is 35.7. The summed E-state index contributed by atoms with van der Waals surface area (Å²) in [5.74, 6) is -3.59. The van der Waals surface area contributed by atoms with Crippen molar-refractivity contribution in [1.82, 2.24) is 0 Å². The molecule has 44 heteroatoms. The van der Waals surface area contributed by atoms with Gasteiger partial charge in [0, 0.05) is 63.5 Å². The van der Waals surface area contributed by atoms with Crippen LogP contribution in [-0.2, 0) is 88.4 Å². The van der Waals surface area contributed by atoms with Gasteiger partial charge in [-0.05, 0) is 27.7 Å². The molecule has 8 unspecified atom stereocenters. The van der Waals surface area contributed by atoms with Crippen LogP contribution in [0.2, 0.25) is 0 Å². The van der Waals surface area contributed by atoms with Crippen molar-refractivity contribution in [1.29, 1.82) is 0 Å². The minimum atomic E-state index is -5.34. The molecule has 0 aliphatic carbocycles. The molecule has 0 radical (unpaired) electrons. The van der Waals surface area contributed by atoms with E-state index in [4.69, 9.17) is 111 Å². The second kappa shape index (κ2) is 45.1. The number of halogens is 11. The predicted octanol–water partition coefficient (Wildman–Crippen LogP) is 3.58. The van der Waals surface area contributed by atoms with Crippen LogP contribution in [0.5, 0.6) is 0 Å². The molecule has 29 nitrogen and oxygen atoms in total. The Balaban J connectivity index is -0.00000111. The zero-order chi connectivity index (χ0) is 54.3. The molecular weight excluding hydrogens is 1150 g/mol. The van der Waals surface area contributed by atoms with E-state index < -0.39 is 152 Å². The summed E-state index contributed by atoms with van der Waals surface area (Å²) in [5, 5.41) is 99.7. The van der Waals surface area contributed by atoms with Gasteiger partial charge in [0.1, 0.15) is 36.6 Å². The Morgan fingerprint density at radius 2 is 0.795 bits per heavy atom. The SMILES string of the molecule is C.C.CC1O[C@@H](OC[C@@H]2C(OSOOO)[C@H](OC[C@@H]3C(C)O[C@@H](OC[C@@H]4C(OSOOO)[C@H](O)OC(C)[C@H]4O)C(OSOOO)[C@H]3OS(=O)(=O)O)OC(C)[C@H]2O)C(O)[C@@H](O)[C@@H]1O.F.FF.FF.FF.FF.FF. The summed E-state index contributed by atoms with van der Waals surface area (Å²) in [6.07, 6.45) is -24.6. The second-order valence-electron chi connectivity index (χ2n) is 13.6. The van der Waals surface area contributed by atoms with Crippen LogP contribution in [-0.4, -0.2) is 184 Å². The fourth-order valence-electron chi connectivity index (χ4n) is 6.78.